The third-order valence-electron chi connectivity index (χ3n) is 2.80. The van der Waals surface area contributed by atoms with E-state index in [4.69, 9.17) is 5.11 Å². The highest BCUT2D eigenvalue weighted by Gasteiger charge is 2.27. The summed E-state index contributed by atoms with van der Waals surface area (Å²) in [7, 11) is -2.91. The highest BCUT2D eigenvalue weighted by Crippen LogP contribution is 2.29. The highest BCUT2D eigenvalue weighted by atomic mass is 32.2. The van der Waals surface area contributed by atoms with Crippen molar-refractivity contribution in [1.82, 2.24) is 4.31 Å². The second-order valence-electron chi connectivity index (χ2n) is 4.43. The summed E-state index contributed by atoms with van der Waals surface area (Å²) < 4.78 is 25.2. The Bertz CT molecular complexity index is 671. The van der Waals surface area contributed by atoms with Gasteiger partial charge in [0.05, 0.1) is 15.7 Å². The molecule has 0 radical (unpaired) electrons. The zero-order chi connectivity index (χ0) is 16.4. The number of nitrogens with zero attached hydrogens (tertiary/aromatic N) is 2. The Balaban J connectivity index is 3.16. The van der Waals surface area contributed by atoms with Crippen molar-refractivity contribution >= 4 is 21.7 Å². The summed E-state index contributed by atoms with van der Waals surface area (Å²) in [4.78, 5) is 20.1. The van der Waals surface area contributed by atoms with Crippen LogP contribution in [0.2, 0.25) is 0 Å². The molecule has 1 aromatic carbocycles. The first-order chi connectivity index (χ1) is 9.57. The second kappa shape index (κ2) is 6.06. The van der Waals surface area contributed by atoms with E-state index >= 15 is 0 Å². The molecule has 0 amide bonds. The highest BCUT2D eigenvalue weighted by molar-refractivity contribution is 7.89. The molecule has 0 heterocycles. The quantitative estimate of drug-likeness (QED) is 0.579. The summed E-state index contributed by atoms with van der Waals surface area (Å²) in [5, 5.41) is 28.8. The Morgan fingerprint density at radius 2 is 2.05 bits per heavy atom. The molecule has 0 aliphatic rings. The first kappa shape index (κ1) is 16.9. The second-order valence-corrected chi connectivity index (χ2v) is 6.48. The predicted molar refractivity (Wildman–Crippen MR) is 71.4 cm³/mol. The predicted octanol–water partition coefficient (Wildman–Crippen LogP) is 0.642. The van der Waals surface area contributed by atoms with Gasteiger partial charge in [0.1, 0.15) is 0 Å². The van der Waals surface area contributed by atoms with Crippen molar-refractivity contribution in [2.45, 2.75) is 11.8 Å². The molecule has 1 unspecified atom stereocenters. The standard InChI is InChI=1S/C11H14N2O7S/c1-7(11(15)16)6-12(2)21(19,20)8-3-4-10(14)9(5-8)13(17)18/h3-5,7,14H,6H2,1-2H3,(H,15,16). The molecule has 0 aliphatic carbocycles. The lowest BCUT2D eigenvalue weighted by Crippen LogP contribution is -2.33. The fraction of sp³-hybridized carbons (Fsp3) is 0.364. The number of rotatable bonds is 6. The minimum atomic E-state index is -4.09. The molecule has 0 spiro atoms. The van der Waals surface area contributed by atoms with Crippen molar-refractivity contribution in [3.8, 4) is 5.75 Å². The maximum Gasteiger partial charge on any atom is 0.312 e. The van der Waals surface area contributed by atoms with Gasteiger partial charge in [-0.15, -0.1) is 0 Å². The molecule has 0 fully saturated rings. The number of aliphatic carboxylic acids is 1. The Morgan fingerprint density at radius 3 is 2.52 bits per heavy atom. The molecule has 1 aromatic rings. The Morgan fingerprint density at radius 1 is 1.48 bits per heavy atom. The number of phenolic OH excluding ortho intramolecular Hbond substituents is 1. The molecule has 21 heavy (non-hydrogen) atoms. The van der Waals surface area contributed by atoms with Crippen LogP contribution in [0.4, 0.5) is 5.69 Å². The van der Waals surface area contributed by atoms with Gasteiger partial charge in [0.25, 0.3) is 0 Å². The molecular formula is C11H14N2O7S. The van der Waals surface area contributed by atoms with E-state index in [0.29, 0.717) is 0 Å². The Labute approximate surface area is 120 Å². The lowest BCUT2D eigenvalue weighted by Gasteiger charge is -2.19. The SMILES string of the molecule is CC(CN(C)S(=O)(=O)c1ccc(O)c([N+](=O)[O-])c1)C(=O)O. The molecule has 0 bridgehead atoms. The number of benzene rings is 1. The maximum atomic E-state index is 12.2. The van der Waals surface area contributed by atoms with Crippen LogP contribution in [0, 0.1) is 16.0 Å². The minimum Gasteiger partial charge on any atom is -0.502 e. The number of nitro benzene ring substituents is 1. The molecule has 0 aliphatic heterocycles. The number of hydrogen-bond donors (Lipinski definition) is 2. The van der Waals surface area contributed by atoms with Crippen molar-refractivity contribution < 1.29 is 28.3 Å². The van der Waals surface area contributed by atoms with E-state index in [1.54, 1.807) is 0 Å². The fourth-order valence-corrected chi connectivity index (χ4v) is 2.83. The number of carboxylic acid groups (broad SMARTS) is 1. The van der Waals surface area contributed by atoms with Crippen LogP contribution in [0.1, 0.15) is 6.92 Å². The number of nitro groups is 1. The molecule has 0 aromatic heterocycles. The lowest BCUT2D eigenvalue weighted by molar-refractivity contribution is -0.386. The van der Waals surface area contributed by atoms with Gasteiger partial charge >= 0.3 is 11.7 Å². The van der Waals surface area contributed by atoms with E-state index in [-0.39, 0.29) is 6.54 Å². The van der Waals surface area contributed by atoms with Crippen LogP contribution in [-0.2, 0) is 14.8 Å². The van der Waals surface area contributed by atoms with Gasteiger partial charge in [0.15, 0.2) is 5.75 Å². The summed E-state index contributed by atoms with van der Waals surface area (Å²) in [6.45, 7) is 1.06. The van der Waals surface area contributed by atoms with Gasteiger partial charge in [0, 0.05) is 19.7 Å². The number of aromatic hydroxyl groups is 1. The third kappa shape index (κ3) is 3.67. The minimum absolute atomic E-state index is 0.285. The molecule has 1 atom stereocenters. The molecule has 116 valence electrons. The molecular weight excluding hydrogens is 304 g/mol. The summed E-state index contributed by atoms with van der Waals surface area (Å²) in [6, 6.07) is 2.64. The van der Waals surface area contributed by atoms with E-state index in [2.05, 4.69) is 0 Å². The van der Waals surface area contributed by atoms with Gasteiger partial charge in [0.2, 0.25) is 10.0 Å². The van der Waals surface area contributed by atoms with Gasteiger partial charge < -0.3 is 10.2 Å². The fourth-order valence-electron chi connectivity index (χ4n) is 1.55. The monoisotopic (exact) mass is 318 g/mol. The van der Waals surface area contributed by atoms with Gasteiger partial charge in [-0.1, -0.05) is 6.92 Å². The number of carboxylic acids is 1. The van der Waals surface area contributed by atoms with E-state index in [1.807, 2.05) is 0 Å². The number of phenols is 1. The van der Waals surface area contributed by atoms with E-state index in [1.165, 1.54) is 14.0 Å². The molecule has 10 heteroatoms. The lowest BCUT2D eigenvalue weighted by atomic mass is 10.2. The Hall–Kier alpha value is -2.20. The van der Waals surface area contributed by atoms with Gasteiger partial charge in [-0.2, -0.15) is 0 Å². The number of carbonyl (C=O) groups is 1. The summed E-state index contributed by atoms with van der Waals surface area (Å²) in [5.41, 5.74) is -0.740. The van der Waals surface area contributed by atoms with Crippen LogP contribution in [-0.4, -0.2) is 47.4 Å². The molecule has 0 saturated heterocycles. The van der Waals surface area contributed by atoms with E-state index < -0.39 is 43.2 Å². The smallest absolute Gasteiger partial charge is 0.312 e. The van der Waals surface area contributed by atoms with Crippen LogP contribution in [0.25, 0.3) is 0 Å². The summed E-state index contributed by atoms with van der Waals surface area (Å²) in [5.74, 6) is -2.74. The first-order valence-corrected chi connectivity index (χ1v) is 7.18. The number of sulfonamides is 1. The Kier molecular flexibility index (Phi) is 4.86. The van der Waals surface area contributed by atoms with Crippen LogP contribution in [0.3, 0.4) is 0 Å². The van der Waals surface area contributed by atoms with Crippen LogP contribution in [0.5, 0.6) is 5.75 Å². The third-order valence-corrected chi connectivity index (χ3v) is 4.62. The molecule has 2 N–H and O–H groups in total. The first-order valence-electron chi connectivity index (χ1n) is 5.74. The maximum absolute atomic E-state index is 12.2. The van der Waals surface area contributed by atoms with Gasteiger partial charge in [-0.05, 0) is 12.1 Å². The average Bonchev–Trinajstić information content (AvgIpc) is 2.38. The normalized spacial score (nSPS) is 13.1. The topological polar surface area (TPSA) is 138 Å². The van der Waals surface area contributed by atoms with Gasteiger partial charge in [-0.3, -0.25) is 14.9 Å². The van der Waals surface area contributed by atoms with Crippen molar-refractivity contribution in [1.29, 1.82) is 0 Å². The van der Waals surface area contributed by atoms with E-state index in [0.717, 1.165) is 22.5 Å². The largest absolute Gasteiger partial charge is 0.502 e. The van der Waals surface area contributed by atoms with Crippen LogP contribution < -0.4 is 0 Å². The van der Waals surface area contributed by atoms with Gasteiger partial charge in [-0.25, -0.2) is 12.7 Å². The number of hydrogen-bond acceptors (Lipinski definition) is 6. The molecule has 1 rings (SSSR count). The average molecular weight is 318 g/mol. The van der Waals surface area contributed by atoms with Crippen molar-refractivity contribution in [3.63, 3.8) is 0 Å². The molecule has 9 nitrogen and oxygen atoms in total. The van der Waals surface area contributed by atoms with Crippen molar-refractivity contribution in [2.75, 3.05) is 13.6 Å². The van der Waals surface area contributed by atoms with Crippen LogP contribution in [0.15, 0.2) is 23.1 Å². The van der Waals surface area contributed by atoms with E-state index in [9.17, 15) is 28.4 Å². The summed E-state index contributed by atoms with van der Waals surface area (Å²) >= 11 is 0. The van der Waals surface area contributed by atoms with Crippen molar-refractivity contribution in [2.24, 2.45) is 5.92 Å². The zero-order valence-electron chi connectivity index (χ0n) is 11.3. The molecule has 0 saturated carbocycles. The van der Waals surface area contributed by atoms with Crippen LogP contribution >= 0.6 is 0 Å². The zero-order valence-corrected chi connectivity index (χ0v) is 12.1. The summed E-state index contributed by atoms with van der Waals surface area (Å²) in [6.07, 6.45) is 0. The van der Waals surface area contributed by atoms with Crippen molar-refractivity contribution in [3.05, 3.63) is 28.3 Å².